The Kier molecular flexibility index (Phi) is 3.58. The number of nitrogens with one attached hydrogen (secondary N) is 1. The number of aromatic amines is 1. The van der Waals surface area contributed by atoms with Gasteiger partial charge in [-0.3, -0.25) is 9.59 Å². The van der Waals surface area contributed by atoms with Crippen molar-refractivity contribution in [2.75, 3.05) is 4.90 Å². The molecule has 0 radical (unpaired) electrons. The zero-order valence-corrected chi connectivity index (χ0v) is 11.6. The Morgan fingerprint density at radius 1 is 1.19 bits per heavy atom. The third-order valence-corrected chi connectivity index (χ3v) is 3.58. The fourth-order valence-electron chi connectivity index (χ4n) is 2.32. The molecule has 0 atom stereocenters. The van der Waals surface area contributed by atoms with Gasteiger partial charge in [0.05, 0.1) is 0 Å². The lowest BCUT2D eigenvalue weighted by Crippen LogP contribution is -2.34. The van der Waals surface area contributed by atoms with Crippen molar-refractivity contribution in [3.05, 3.63) is 64.1 Å². The van der Waals surface area contributed by atoms with Gasteiger partial charge in [0.2, 0.25) is 5.56 Å². The molecule has 1 aromatic heterocycles. The third-order valence-electron chi connectivity index (χ3n) is 3.58. The second-order valence-corrected chi connectivity index (χ2v) is 5.21. The standard InChI is InChI=1S/C16H17N3O2/c17-10-11-4-6-12(7-5-11)19(13-8-9-13)16(21)14-2-1-3-15(20)18-14/h1-7,13H,8-10,17H2,(H,18,20). The lowest BCUT2D eigenvalue weighted by Gasteiger charge is -2.22. The number of nitrogens with two attached hydrogens (primary N) is 1. The molecule has 1 amide bonds. The highest BCUT2D eigenvalue weighted by molar-refractivity contribution is 6.05. The molecule has 1 fully saturated rings. The number of rotatable bonds is 4. The van der Waals surface area contributed by atoms with Crippen molar-refractivity contribution in [3.63, 3.8) is 0 Å². The highest BCUT2D eigenvalue weighted by Gasteiger charge is 2.34. The number of benzene rings is 1. The zero-order valence-electron chi connectivity index (χ0n) is 11.6. The van der Waals surface area contributed by atoms with Crippen molar-refractivity contribution in [1.82, 2.24) is 4.98 Å². The van der Waals surface area contributed by atoms with Gasteiger partial charge in [0, 0.05) is 24.3 Å². The number of anilines is 1. The van der Waals surface area contributed by atoms with Crippen molar-refractivity contribution in [3.8, 4) is 0 Å². The van der Waals surface area contributed by atoms with Gasteiger partial charge in [-0.2, -0.15) is 0 Å². The monoisotopic (exact) mass is 283 g/mol. The second-order valence-electron chi connectivity index (χ2n) is 5.21. The van der Waals surface area contributed by atoms with E-state index in [9.17, 15) is 9.59 Å². The summed E-state index contributed by atoms with van der Waals surface area (Å²) in [5.74, 6) is -0.171. The first-order chi connectivity index (χ1) is 10.2. The SMILES string of the molecule is NCc1ccc(N(C(=O)c2cccc(=O)[nH]2)C2CC2)cc1. The van der Waals surface area contributed by atoms with Gasteiger partial charge < -0.3 is 15.6 Å². The van der Waals surface area contributed by atoms with Gasteiger partial charge in [0.25, 0.3) is 5.91 Å². The van der Waals surface area contributed by atoms with E-state index in [0.29, 0.717) is 12.2 Å². The van der Waals surface area contributed by atoms with Crippen LogP contribution in [0.1, 0.15) is 28.9 Å². The van der Waals surface area contributed by atoms with Gasteiger partial charge in [-0.25, -0.2) is 0 Å². The lowest BCUT2D eigenvalue weighted by atomic mass is 10.2. The fraction of sp³-hybridized carbons (Fsp3) is 0.250. The highest BCUT2D eigenvalue weighted by Crippen LogP contribution is 2.32. The lowest BCUT2D eigenvalue weighted by molar-refractivity contribution is 0.0980. The van der Waals surface area contributed by atoms with Crippen LogP contribution in [0.25, 0.3) is 0 Å². The summed E-state index contributed by atoms with van der Waals surface area (Å²) in [5, 5.41) is 0. The maximum atomic E-state index is 12.7. The van der Waals surface area contributed by atoms with Crippen LogP contribution in [0.5, 0.6) is 0 Å². The number of carbonyl (C=O) groups excluding carboxylic acids is 1. The first kappa shape index (κ1) is 13.6. The van der Waals surface area contributed by atoms with Crippen molar-refractivity contribution >= 4 is 11.6 Å². The molecule has 5 nitrogen and oxygen atoms in total. The molecule has 0 spiro atoms. The summed E-state index contributed by atoms with van der Waals surface area (Å²) in [4.78, 5) is 28.4. The van der Waals surface area contributed by atoms with Crippen molar-refractivity contribution in [1.29, 1.82) is 0 Å². The predicted molar refractivity (Wildman–Crippen MR) is 81.2 cm³/mol. The number of hydrogen-bond donors (Lipinski definition) is 2. The Hall–Kier alpha value is -2.40. The van der Waals surface area contributed by atoms with E-state index in [1.807, 2.05) is 24.3 Å². The van der Waals surface area contributed by atoms with E-state index in [2.05, 4.69) is 4.98 Å². The molecular weight excluding hydrogens is 266 g/mol. The molecule has 1 aliphatic carbocycles. The Balaban J connectivity index is 1.94. The molecule has 1 aromatic carbocycles. The molecule has 0 aliphatic heterocycles. The van der Waals surface area contributed by atoms with Gasteiger partial charge in [-0.1, -0.05) is 18.2 Å². The Bertz CT molecular complexity index is 702. The minimum absolute atomic E-state index is 0.171. The number of amides is 1. The van der Waals surface area contributed by atoms with E-state index in [1.165, 1.54) is 6.07 Å². The number of aromatic nitrogens is 1. The summed E-state index contributed by atoms with van der Waals surface area (Å²) >= 11 is 0. The molecule has 3 rings (SSSR count). The van der Waals surface area contributed by atoms with E-state index in [1.54, 1.807) is 17.0 Å². The molecule has 3 N–H and O–H groups in total. The maximum Gasteiger partial charge on any atom is 0.275 e. The average Bonchev–Trinajstić information content (AvgIpc) is 3.33. The van der Waals surface area contributed by atoms with Crippen LogP contribution in [0.15, 0.2) is 47.3 Å². The molecule has 0 saturated heterocycles. The van der Waals surface area contributed by atoms with Crippen LogP contribution in [0.2, 0.25) is 0 Å². The molecule has 5 heteroatoms. The van der Waals surface area contributed by atoms with E-state index in [-0.39, 0.29) is 17.5 Å². The van der Waals surface area contributed by atoms with Gasteiger partial charge in [0.15, 0.2) is 0 Å². The van der Waals surface area contributed by atoms with Crippen LogP contribution in [0.4, 0.5) is 5.69 Å². The largest absolute Gasteiger partial charge is 0.326 e. The van der Waals surface area contributed by atoms with Crippen molar-refractivity contribution in [2.24, 2.45) is 5.73 Å². The van der Waals surface area contributed by atoms with Crippen LogP contribution < -0.4 is 16.2 Å². The molecule has 1 aliphatic rings. The zero-order chi connectivity index (χ0) is 14.8. The van der Waals surface area contributed by atoms with Gasteiger partial charge in [-0.05, 0) is 36.6 Å². The number of H-pyrrole nitrogens is 1. The minimum Gasteiger partial charge on any atom is -0.326 e. The first-order valence-electron chi connectivity index (χ1n) is 7.01. The molecule has 1 heterocycles. The Labute approximate surface area is 122 Å². The topological polar surface area (TPSA) is 79.2 Å². The predicted octanol–water partition coefficient (Wildman–Crippen LogP) is 1.64. The molecule has 108 valence electrons. The number of nitrogens with zero attached hydrogens (tertiary/aromatic N) is 1. The van der Waals surface area contributed by atoms with Gasteiger partial charge in [-0.15, -0.1) is 0 Å². The normalized spacial score (nSPS) is 14.0. The van der Waals surface area contributed by atoms with Gasteiger partial charge in [0.1, 0.15) is 5.69 Å². The summed E-state index contributed by atoms with van der Waals surface area (Å²) in [6, 6.07) is 12.5. The van der Waals surface area contributed by atoms with Crippen molar-refractivity contribution < 1.29 is 4.79 Å². The summed E-state index contributed by atoms with van der Waals surface area (Å²) < 4.78 is 0. The summed E-state index contributed by atoms with van der Waals surface area (Å²) in [6.45, 7) is 0.476. The fourth-order valence-corrected chi connectivity index (χ4v) is 2.32. The molecule has 21 heavy (non-hydrogen) atoms. The minimum atomic E-state index is -0.268. The van der Waals surface area contributed by atoms with Crippen LogP contribution in [0, 0.1) is 0 Å². The Morgan fingerprint density at radius 3 is 2.48 bits per heavy atom. The smallest absolute Gasteiger partial charge is 0.275 e. The highest BCUT2D eigenvalue weighted by atomic mass is 16.2. The van der Waals surface area contributed by atoms with Crippen LogP contribution >= 0.6 is 0 Å². The Morgan fingerprint density at radius 2 is 1.90 bits per heavy atom. The second kappa shape index (κ2) is 5.54. The van der Waals surface area contributed by atoms with Gasteiger partial charge >= 0.3 is 0 Å². The van der Waals surface area contributed by atoms with Crippen LogP contribution in [-0.4, -0.2) is 16.9 Å². The summed E-state index contributed by atoms with van der Waals surface area (Å²) in [6.07, 6.45) is 1.98. The van der Waals surface area contributed by atoms with E-state index in [0.717, 1.165) is 24.1 Å². The molecule has 1 saturated carbocycles. The quantitative estimate of drug-likeness (QED) is 0.895. The molecule has 0 unspecified atom stereocenters. The van der Waals surface area contributed by atoms with E-state index >= 15 is 0 Å². The number of hydrogen-bond acceptors (Lipinski definition) is 3. The van der Waals surface area contributed by atoms with E-state index in [4.69, 9.17) is 5.73 Å². The molecular formula is C16H17N3O2. The molecule has 0 bridgehead atoms. The van der Waals surface area contributed by atoms with Crippen LogP contribution in [-0.2, 0) is 6.54 Å². The molecule has 2 aromatic rings. The third kappa shape index (κ3) is 2.87. The van der Waals surface area contributed by atoms with Crippen LogP contribution in [0.3, 0.4) is 0 Å². The van der Waals surface area contributed by atoms with Crippen molar-refractivity contribution in [2.45, 2.75) is 25.4 Å². The summed E-state index contributed by atoms with van der Waals surface area (Å²) in [7, 11) is 0. The number of pyridine rings is 1. The number of carbonyl (C=O) groups is 1. The average molecular weight is 283 g/mol. The van der Waals surface area contributed by atoms with E-state index < -0.39 is 0 Å². The first-order valence-corrected chi connectivity index (χ1v) is 7.01. The maximum absolute atomic E-state index is 12.7. The summed E-state index contributed by atoms with van der Waals surface area (Å²) in [5.41, 5.74) is 7.50.